The maximum atomic E-state index is 12.5. The number of rotatable bonds is 1. The van der Waals surface area contributed by atoms with Gasteiger partial charge in [0.05, 0.1) is 5.69 Å². The molecule has 1 aromatic carbocycles. The van der Waals surface area contributed by atoms with Crippen LogP contribution < -0.4 is 4.80 Å². The third-order valence-corrected chi connectivity index (χ3v) is 3.04. The highest BCUT2D eigenvalue weighted by Crippen LogP contribution is 2.29. The quantitative estimate of drug-likeness (QED) is 0.773. The minimum absolute atomic E-state index is 0.212. The van der Waals surface area contributed by atoms with Gasteiger partial charge in [-0.15, -0.1) is 5.10 Å². The zero-order chi connectivity index (χ0) is 12.5. The van der Waals surface area contributed by atoms with E-state index in [0.717, 1.165) is 0 Å². The van der Waals surface area contributed by atoms with Crippen LogP contribution in [0.15, 0.2) is 35.3 Å². The lowest BCUT2D eigenvalue weighted by molar-refractivity contribution is -0.138. The number of hydrogen-bond acceptors (Lipinski definition) is 3. The molecule has 0 saturated carbocycles. The number of para-hydroxylation sites is 1. The Labute approximate surface area is 98.9 Å². The van der Waals surface area contributed by atoms with E-state index in [1.807, 2.05) is 0 Å². The van der Waals surface area contributed by atoms with E-state index in [1.54, 1.807) is 30.3 Å². The largest absolute Gasteiger partial charge is 0.445 e. The second-order valence-corrected chi connectivity index (χ2v) is 4.11. The molecule has 17 heavy (non-hydrogen) atoms. The van der Waals surface area contributed by atoms with Crippen molar-refractivity contribution in [2.75, 3.05) is 7.05 Å². The molecular weight excluding hydrogens is 251 g/mol. The van der Waals surface area contributed by atoms with Gasteiger partial charge >= 0.3 is 6.18 Å². The molecule has 0 radical (unpaired) electrons. The summed E-state index contributed by atoms with van der Waals surface area (Å²) in [6.07, 6.45) is -4.44. The summed E-state index contributed by atoms with van der Waals surface area (Å²) in [7, 11) is 1.44. The Bertz CT molecular complexity index is 568. The maximum absolute atomic E-state index is 12.5. The zero-order valence-corrected chi connectivity index (χ0v) is 9.59. The van der Waals surface area contributed by atoms with Crippen LogP contribution in [-0.2, 0) is 6.18 Å². The van der Waals surface area contributed by atoms with Gasteiger partial charge in [0.1, 0.15) is 0 Å². The topological polar surface area (TPSA) is 30.2 Å². The third-order valence-electron chi connectivity index (χ3n) is 1.99. The van der Waals surface area contributed by atoms with E-state index in [1.165, 1.54) is 11.7 Å². The van der Waals surface area contributed by atoms with Crippen LogP contribution in [0.4, 0.5) is 13.2 Å². The second kappa shape index (κ2) is 4.33. The molecule has 2 rings (SSSR count). The summed E-state index contributed by atoms with van der Waals surface area (Å²) in [5, 5.41) is 2.64. The molecule has 0 N–H and O–H groups in total. The van der Waals surface area contributed by atoms with Crippen molar-refractivity contribution in [1.29, 1.82) is 0 Å². The number of aromatic nitrogens is 2. The Hall–Kier alpha value is -1.63. The average molecular weight is 259 g/mol. The first-order chi connectivity index (χ1) is 8.02. The molecule has 0 aliphatic carbocycles. The number of halogens is 3. The average Bonchev–Trinajstić information content (AvgIpc) is 2.73. The van der Waals surface area contributed by atoms with Gasteiger partial charge in [-0.3, -0.25) is 4.99 Å². The van der Waals surface area contributed by atoms with Gasteiger partial charge in [-0.2, -0.15) is 13.2 Å². The van der Waals surface area contributed by atoms with Crippen LogP contribution in [0.2, 0.25) is 0 Å². The van der Waals surface area contributed by atoms with E-state index in [4.69, 9.17) is 0 Å². The molecule has 1 heterocycles. The molecule has 0 unspecified atom stereocenters. The molecule has 1 aromatic heterocycles. The fourth-order valence-corrected chi connectivity index (χ4v) is 2.01. The molecule has 7 heteroatoms. The Morgan fingerprint density at radius 1 is 1.24 bits per heavy atom. The Balaban J connectivity index is 2.60. The van der Waals surface area contributed by atoms with Gasteiger partial charge in [0.2, 0.25) is 9.81 Å². The summed E-state index contributed by atoms with van der Waals surface area (Å²) in [6.45, 7) is 0. The summed E-state index contributed by atoms with van der Waals surface area (Å²) in [4.78, 5) is 4.01. The molecule has 2 aromatic rings. The highest BCUT2D eigenvalue weighted by Gasteiger charge is 2.35. The summed E-state index contributed by atoms with van der Waals surface area (Å²) < 4.78 is 38.8. The van der Waals surface area contributed by atoms with Gasteiger partial charge in [-0.1, -0.05) is 29.5 Å². The second-order valence-electron chi connectivity index (χ2n) is 3.16. The first-order valence-electron chi connectivity index (χ1n) is 4.68. The molecule has 0 aliphatic rings. The van der Waals surface area contributed by atoms with E-state index in [9.17, 15) is 13.2 Å². The number of alkyl halides is 3. The lowest BCUT2D eigenvalue weighted by atomic mass is 10.3. The van der Waals surface area contributed by atoms with Gasteiger partial charge in [0, 0.05) is 7.05 Å². The lowest BCUT2D eigenvalue weighted by Gasteiger charge is -2.01. The van der Waals surface area contributed by atoms with Gasteiger partial charge in [-0.05, 0) is 12.1 Å². The summed E-state index contributed by atoms with van der Waals surface area (Å²) in [5.41, 5.74) is 0.555. The Morgan fingerprint density at radius 2 is 1.88 bits per heavy atom. The Morgan fingerprint density at radius 3 is 2.41 bits per heavy atom. The molecule has 0 fully saturated rings. The fourth-order valence-electron chi connectivity index (χ4n) is 1.28. The van der Waals surface area contributed by atoms with Crippen molar-refractivity contribution < 1.29 is 13.2 Å². The van der Waals surface area contributed by atoms with E-state index in [0.29, 0.717) is 17.0 Å². The molecule has 90 valence electrons. The van der Waals surface area contributed by atoms with Crippen LogP contribution in [0.1, 0.15) is 5.01 Å². The van der Waals surface area contributed by atoms with Crippen molar-refractivity contribution in [2.45, 2.75) is 6.18 Å². The van der Waals surface area contributed by atoms with Gasteiger partial charge in [0.25, 0.3) is 0 Å². The van der Waals surface area contributed by atoms with Crippen molar-refractivity contribution in [3.63, 3.8) is 0 Å². The molecule has 0 atom stereocenters. The maximum Gasteiger partial charge on any atom is 0.445 e. The van der Waals surface area contributed by atoms with Crippen LogP contribution in [0.5, 0.6) is 0 Å². The summed E-state index contributed by atoms with van der Waals surface area (Å²) in [5.74, 6) is 0. The fraction of sp³-hybridized carbons (Fsp3) is 0.200. The predicted octanol–water partition coefficient (Wildman–Crippen LogP) is 2.48. The first kappa shape index (κ1) is 11.8. The van der Waals surface area contributed by atoms with Gasteiger partial charge in [-0.25, -0.2) is 4.68 Å². The lowest BCUT2D eigenvalue weighted by Crippen LogP contribution is -2.14. The van der Waals surface area contributed by atoms with Crippen LogP contribution in [0.25, 0.3) is 5.69 Å². The van der Waals surface area contributed by atoms with Crippen molar-refractivity contribution >= 4 is 11.3 Å². The van der Waals surface area contributed by atoms with Crippen molar-refractivity contribution in [3.8, 4) is 5.69 Å². The molecule has 0 spiro atoms. The zero-order valence-electron chi connectivity index (χ0n) is 8.77. The van der Waals surface area contributed by atoms with Crippen LogP contribution in [-0.4, -0.2) is 16.8 Å². The molecule has 0 saturated heterocycles. The minimum Gasteiger partial charge on any atom is -0.261 e. The number of benzene rings is 1. The number of nitrogens with zero attached hydrogens (tertiary/aromatic N) is 3. The SMILES string of the molecule is CN=c1sc(C(F)(F)F)nn1-c1ccccc1. The van der Waals surface area contributed by atoms with Crippen LogP contribution >= 0.6 is 11.3 Å². The van der Waals surface area contributed by atoms with Crippen molar-refractivity contribution in [1.82, 2.24) is 9.78 Å². The van der Waals surface area contributed by atoms with Gasteiger partial charge < -0.3 is 0 Å². The van der Waals surface area contributed by atoms with Crippen molar-refractivity contribution in [3.05, 3.63) is 40.1 Å². The summed E-state index contributed by atoms with van der Waals surface area (Å²) in [6, 6.07) is 8.59. The molecule has 0 amide bonds. The van der Waals surface area contributed by atoms with Crippen molar-refractivity contribution in [2.24, 2.45) is 4.99 Å². The van der Waals surface area contributed by atoms with Crippen LogP contribution in [0.3, 0.4) is 0 Å². The number of hydrogen-bond donors (Lipinski definition) is 0. The molecule has 0 aliphatic heterocycles. The highest BCUT2D eigenvalue weighted by molar-refractivity contribution is 7.08. The minimum atomic E-state index is -4.44. The van der Waals surface area contributed by atoms with Gasteiger partial charge in [0.15, 0.2) is 0 Å². The molecule has 3 nitrogen and oxygen atoms in total. The van der Waals surface area contributed by atoms with Crippen LogP contribution in [0, 0.1) is 0 Å². The molecule has 0 bridgehead atoms. The Kier molecular flexibility index (Phi) is 3.01. The van der Waals surface area contributed by atoms with E-state index >= 15 is 0 Å². The standard InChI is InChI=1S/C10H8F3N3S/c1-14-9-16(7-5-3-2-4-6-7)15-8(17-9)10(11,12)13/h2-6H,1H3. The van der Waals surface area contributed by atoms with E-state index in [-0.39, 0.29) is 4.80 Å². The normalized spacial score (nSPS) is 13.1. The smallest absolute Gasteiger partial charge is 0.261 e. The molecular formula is C10H8F3N3S. The summed E-state index contributed by atoms with van der Waals surface area (Å²) >= 11 is 0.521. The van der Waals surface area contributed by atoms with E-state index in [2.05, 4.69) is 10.1 Å². The monoisotopic (exact) mass is 259 g/mol. The predicted molar refractivity (Wildman–Crippen MR) is 57.9 cm³/mol. The third kappa shape index (κ3) is 2.38. The first-order valence-corrected chi connectivity index (χ1v) is 5.49. The van der Waals surface area contributed by atoms with E-state index < -0.39 is 11.2 Å². The highest BCUT2D eigenvalue weighted by atomic mass is 32.1.